The van der Waals surface area contributed by atoms with Gasteiger partial charge in [-0.15, -0.1) is 0 Å². The van der Waals surface area contributed by atoms with Crippen molar-refractivity contribution in [3.05, 3.63) is 12.2 Å². The first-order valence-corrected chi connectivity index (χ1v) is 12.4. The highest BCUT2D eigenvalue weighted by Gasteiger charge is 2.13. The summed E-state index contributed by atoms with van der Waals surface area (Å²) >= 11 is 0. The molecule has 168 valence electrons. The van der Waals surface area contributed by atoms with Gasteiger partial charge in [0, 0.05) is 13.0 Å². The predicted octanol–water partition coefficient (Wildman–Crippen LogP) is 4.73. The minimum absolute atomic E-state index is 0.0428. The molecule has 0 aliphatic rings. The lowest BCUT2D eigenvalue weighted by Crippen LogP contribution is -2.25. The highest BCUT2D eigenvalue weighted by Crippen LogP contribution is 2.09. The van der Waals surface area contributed by atoms with Gasteiger partial charge in [0.15, 0.2) is 0 Å². The summed E-state index contributed by atoms with van der Waals surface area (Å²) in [7, 11) is -3.88. The van der Waals surface area contributed by atoms with Crippen LogP contribution in [0.4, 0.5) is 0 Å². The minimum atomic E-state index is -3.88. The Morgan fingerprint density at radius 3 is 1.68 bits per heavy atom. The van der Waals surface area contributed by atoms with Crippen LogP contribution in [0.5, 0.6) is 0 Å². The third-order valence-electron chi connectivity index (χ3n) is 4.53. The van der Waals surface area contributed by atoms with Crippen LogP contribution in [-0.4, -0.2) is 30.7 Å². The second kappa shape index (κ2) is 20.8. The molecule has 5 N–H and O–H groups in total. The van der Waals surface area contributed by atoms with Crippen molar-refractivity contribution in [2.45, 2.75) is 109 Å². The number of amides is 1. The van der Waals surface area contributed by atoms with Gasteiger partial charge in [-0.2, -0.15) is 8.42 Å². The van der Waals surface area contributed by atoms with Gasteiger partial charge in [0.25, 0.3) is 10.1 Å². The van der Waals surface area contributed by atoms with Crippen LogP contribution < -0.4 is 11.5 Å². The first-order chi connectivity index (χ1) is 13.3. The molecule has 0 aromatic carbocycles. The Bertz CT molecular complexity index is 479. The predicted molar refractivity (Wildman–Crippen MR) is 119 cm³/mol. The molecule has 0 spiro atoms. The average molecular weight is 421 g/mol. The molecule has 0 heterocycles. The van der Waals surface area contributed by atoms with Crippen LogP contribution in [0.1, 0.15) is 104 Å². The first kappa shape index (κ1) is 29.3. The summed E-state index contributed by atoms with van der Waals surface area (Å²) in [6, 6.07) is 0. The van der Waals surface area contributed by atoms with Gasteiger partial charge in [0.05, 0.1) is 5.25 Å². The topological polar surface area (TPSA) is 123 Å². The summed E-state index contributed by atoms with van der Waals surface area (Å²) in [5.41, 5.74) is 10.0. The SMILES string of the molecule is CC(CN)S(=O)(=O)O.CCCCCCCC/C=C\CCCCCCCC(N)=O. The van der Waals surface area contributed by atoms with E-state index in [4.69, 9.17) is 16.0 Å². The molecule has 0 fully saturated rings. The van der Waals surface area contributed by atoms with Crippen molar-refractivity contribution >= 4 is 16.0 Å². The Balaban J connectivity index is 0. The minimum Gasteiger partial charge on any atom is -0.370 e. The lowest BCUT2D eigenvalue weighted by molar-refractivity contribution is -0.118. The van der Waals surface area contributed by atoms with Gasteiger partial charge in [0.2, 0.25) is 5.91 Å². The van der Waals surface area contributed by atoms with E-state index in [9.17, 15) is 13.2 Å². The van der Waals surface area contributed by atoms with Crippen molar-refractivity contribution in [2.75, 3.05) is 6.54 Å². The maximum absolute atomic E-state index is 10.5. The lowest BCUT2D eigenvalue weighted by atomic mass is 10.1. The van der Waals surface area contributed by atoms with Gasteiger partial charge in [-0.3, -0.25) is 9.35 Å². The van der Waals surface area contributed by atoms with Crippen molar-refractivity contribution in [1.82, 2.24) is 0 Å². The summed E-state index contributed by atoms with van der Waals surface area (Å²) in [4.78, 5) is 10.5. The van der Waals surface area contributed by atoms with E-state index in [0.29, 0.717) is 6.42 Å². The van der Waals surface area contributed by atoms with Crippen molar-refractivity contribution in [1.29, 1.82) is 0 Å². The van der Waals surface area contributed by atoms with Crippen molar-refractivity contribution < 1.29 is 17.8 Å². The molecule has 0 aliphatic carbocycles. The van der Waals surface area contributed by atoms with Crippen LogP contribution >= 0.6 is 0 Å². The summed E-state index contributed by atoms with van der Waals surface area (Å²) < 4.78 is 28.3. The molecule has 28 heavy (non-hydrogen) atoms. The smallest absolute Gasteiger partial charge is 0.268 e. The van der Waals surface area contributed by atoms with Gasteiger partial charge in [-0.25, -0.2) is 0 Å². The zero-order valence-corrected chi connectivity index (χ0v) is 18.9. The molecule has 1 unspecified atom stereocenters. The van der Waals surface area contributed by atoms with Crippen LogP contribution in [0.15, 0.2) is 12.2 Å². The van der Waals surface area contributed by atoms with Gasteiger partial charge in [0.1, 0.15) is 0 Å². The second-order valence-corrected chi connectivity index (χ2v) is 9.20. The van der Waals surface area contributed by atoms with Crippen LogP contribution in [0.2, 0.25) is 0 Å². The summed E-state index contributed by atoms with van der Waals surface area (Å²) in [5.74, 6) is -0.164. The number of rotatable bonds is 17. The normalized spacial score (nSPS) is 12.6. The third-order valence-corrected chi connectivity index (χ3v) is 5.73. The molecule has 0 aromatic rings. The van der Waals surface area contributed by atoms with Gasteiger partial charge in [-0.05, 0) is 39.0 Å². The first-order valence-electron chi connectivity index (χ1n) is 10.8. The largest absolute Gasteiger partial charge is 0.370 e. The number of unbranched alkanes of at least 4 members (excludes halogenated alkanes) is 11. The lowest BCUT2D eigenvalue weighted by Gasteiger charge is -2.00. The van der Waals surface area contributed by atoms with E-state index in [0.717, 1.165) is 12.8 Å². The highest BCUT2D eigenvalue weighted by molar-refractivity contribution is 7.86. The standard InChI is InChI=1S/C18H35NO.C3H9NO3S/c1-2-3-4-5-6-7-8-9-10-11-12-13-14-15-16-17-18(19)20;1-3(2-4)8(5,6)7/h9-10H,2-8,11-17H2,1H3,(H2,19,20);3H,2,4H2,1H3,(H,5,6,7)/b10-9-;. The van der Waals surface area contributed by atoms with Gasteiger partial charge in [-0.1, -0.05) is 70.4 Å². The molecular weight excluding hydrogens is 376 g/mol. The maximum atomic E-state index is 10.5. The molecule has 6 nitrogen and oxygen atoms in total. The number of hydrogen-bond donors (Lipinski definition) is 3. The Kier molecular flexibility index (Phi) is 21.8. The molecule has 0 saturated heterocycles. The molecule has 0 rings (SSSR count). The van der Waals surface area contributed by atoms with Crippen molar-refractivity contribution in [3.8, 4) is 0 Å². The molecule has 0 aliphatic heterocycles. The van der Waals surface area contributed by atoms with E-state index in [1.807, 2.05) is 0 Å². The molecule has 0 bridgehead atoms. The second-order valence-electron chi connectivity index (χ2n) is 7.36. The molecule has 0 saturated carbocycles. The van der Waals surface area contributed by atoms with E-state index < -0.39 is 15.4 Å². The Morgan fingerprint density at radius 1 is 0.893 bits per heavy atom. The fraction of sp³-hybridized carbons (Fsp3) is 0.857. The number of carbonyl (C=O) groups excluding carboxylic acids is 1. The van der Waals surface area contributed by atoms with E-state index in [1.54, 1.807) is 0 Å². The maximum Gasteiger partial charge on any atom is 0.268 e. The third kappa shape index (κ3) is 25.1. The number of allylic oxidation sites excluding steroid dienone is 2. The summed E-state index contributed by atoms with van der Waals surface area (Å²) in [5, 5.41) is -0.845. The molecular formula is C21H44N2O4S. The Hall–Kier alpha value is -0.920. The van der Waals surface area contributed by atoms with Gasteiger partial charge < -0.3 is 11.5 Å². The van der Waals surface area contributed by atoms with Crippen molar-refractivity contribution in [3.63, 3.8) is 0 Å². The monoisotopic (exact) mass is 420 g/mol. The van der Waals surface area contributed by atoms with E-state index in [-0.39, 0.29) is 12.5 Å². The van der Waals surface area contributed by atoms with Crippen LogP contribution in [0.25, 0.3) is 0 Å². The van der Waals surface area contributed by atoms with Crippen LogP contribution in [-0.2, 0) is 14.9 Å². The number of primary amides is 1. The molecule has 1 atom stereocenters. The molecule has 1 amide bonds. The highest BCUT2D eigenvalue weighted by atomic mass is 32.2. The summed E-state index contributed by atoms with van der Waals surface area (Å²) in [6.45, 7) is 3.56. The number of carbonyl (C=O) groups is 1. The van der Waals surface area contributed by atoms with E-state index in [2.05, 4.69) is 19.1 Å². The molecule has 0 aromatic heterocycles. The molecule has 0 radical (unpaired) electrons. The Morgan fingerprint density at radius 2 is 1.32 bits per heavy atom. The number of nitrogens with two attached hydrogens (primary N) is 2. The average Bonchev–Trinajstić information content (AvgIpc) is 2.63. The molecule has 7 heteroatoms. The zero-order valence-electron chi connectivity index (χ0n) is 18.1. The van der Waals surface area contributed by atoms with Crippen molar-refractivity contribution in [2.24, 2.45) is 11.5 Å². The van der Waals surface area contributed by atoms with Gasteiger partial charge >= 0.3 is 0 Å². The summed E-state index contributed by atoms with van der Waals surface area (Å²) in [6.07, 6.45) is 21.9. The fourth-order valence-electron chi connectivity index (χ4n) is 2.49. The van der Waals surface area contributed by atoms with E-state index >= 15 is 0 Å². The Labute approximate surface area is 173 Å². The van der Waals surface area contributed by atoms with E-state index in [1.165, 1.54) is 77.6 Å². The zero-order chi connectivity index (χ0) is 21.7. The van der Waals surface area contributed by atoms with Crippen LogP contribution in [0.3, 0.4) is 0 Å². The fourth-order valence-corrected chi connectivity index (χ4v) is 2.73. The van der Waals surface area contributed by atoms with Crippen LogP contribution in [0, 0.1) is 0 Å². The quantitative estimate of drug-likeness (QED) is 0.178. The number of hydrogen-bond acceptors (Lipinski definition) is 4.